The van der Waals surface area contributed by atoms with Gasteiger partial charge in [-0.2, -0.15) is 0 Å². The lowest BCUT2D eigenvalue weighted by Gasteiger charge is -2.35. The Balaban J connectivity index is 2.13. The number of rotatable bonds is 6. The molecule has 0 aromatic heterocycles. The van der Waals surface area contributed by atoms with Gasteiger partial charge in [-0.05, 0) is 36.9 Å². The van der Waals surface area contributed by atoms with E-state index < -0.39 is 0 Å². The van der Waals surface area contributed by atoms with Gasteiger partial charge in [0.05, 0.1) is 11.8 Å². The molecule has 1 saturated heterocycles. The molecular formula is C17H27FN2O. The number of hydrogen-bond donors (Lipinski definition) is 1. The molecule has 0 aliphatic carbocycles. The van der Waals surface area contributed by atoms with Crippen molar-refractivity contribution < 1.29 is 9.13 Å². The van der Waals surface area contributed by atoms with Crippen LogP contribution in [0.15, 0.2) is 18.2 Å². The van der Waals surface area contributed by atoms with E-state index in [2.05, 4.69) is 24.1 Å². The van der Waals surface area contributed by atoms with Gasteiger partial charge in [0.25, 0.3) is 0 Å². The summed E-state index contributed by atoms with van der Waals surface area (Å²) in [6.45, 7) is 7.67. The van der Waals surface area contributed by atoms with Crippen LogP contribution in [0, 0.1) is 11.7 Å². The molecule has 0 saturated carbocycles. The van der Waals surface area contributed by atoms with Crippen molar-refractivity contribution in [1.29, 1.82) is 0 Å². The Hall–Kier alpha value is -1.13. The smallest absolute Gasteiger partial charge is 0.146 e. The zero-order valence-electron chi connectivity index (χ0n) is 13.4. The van der Waals surface area contributed by atoms with Gasteiger partial charge in [-0.3, -0.25) is 0 Å². The van der Waals surface area contributed by atoms with Crippen LogP contribution in [0.4, 0.5) is 10.1 Å². The van der Waals surface area contributed by atoms with E-state index in [1.54, 1.807) is 19.2 Å². The van der Waals surface area contributed by atoms with Gasteiger partial charge in [-0.15, -0.1) is 0 Å². The third-order valence-corrected chi connectivity index (χ3v) is 3.97. The molecule has 1 aromatic rings. The summed E-state index contributed by atoms with van der Waals surface area (Å²) in [5.74, 6) is 0.463. The number of benzene rings is 1. The van der Waals surface area contributed by atoms with Gasteiger partial charge >= 0.3 is 0 Å². The minimum atomic E-state index is -0.129. The summed E-state index contributed by atoms with van der Waals surface area (Å²) in [4.78, 5) is 2.14. The van der Waals surface area contributed by atoms with Crippen LogP contribution < -0.4 is 10.2 Å². The maximum atomic E-state index is 14.3. The quantitative estimate of drug-likeness (QED) is 0.872. The van der Waals surface area contributed by atoms with Crippen molar-refractivity contribution in [2.75, 3.05) is 31.6 Å². The van der Waals surface area contributed by atoms with Crippen molar-refractivity contribution in [2.45, 2.75) is 39.3 Å². The van der Waals surface area contributed by atoms with Crippen LogP contribution in [-0.4, -0.2) is 32.8 Å². The lowest BCUT2D eigenvalue weighted by atomic mass is 10.0. The number of methoxy groups -OCH3 is 1. The average molecular weight is 294 g/mol. The standard InChI is InChI=1S/C17H27FN2O/c1-13(2)10-19-11-14-6-4-8-16(18)17(14)20-9-5-7-15(12-20)21-3/h4,6,8,13,15,19H,5,7,9-12H2,1-3H3. The van der Waals surface area contributed by atoms with E-state index in [0.29, 0.717) is 12.5 Å². The molecule has 1 N–H and O–H groups in total. The monoisotopic (exact) mass is 294 g/mol. The molecule has 1 heterocycles. The molecule has 1 aliphatic heterocycles. The summed E-state index contributed by atoms with van der Waals surface area (Å²) in [6.07, 6.45) is 2.31. The first-order valence-corrected chi connectivity index (χ1v) is 7.87. The second-order valence-corrected chi connectivity index (χ2v) is 6.22. The minimum Gasteiger partial charge on any atom is -0.380 e. The molecule has 0 amide bonds. The molecule has 0 spiro atoms. The van der Waals surface area contributed by atoms with Gasteiger partial charge in [0.1, 0.15) is 5.82 Å². The first-order valence-electron chi connectivity index (χ1n) is 7.87. The fourth-order valence-electron chi connectivity index (χ4n) is 2.89. The molecule has 1 unspecified atom stereocenters. The lowest BCUT2D eigenvalue weighted by Crippen LogP contribution is -2.40. The van der Waals surface area contributed by atoms with Crippen LogP contribution in [0.25, 0.3) is 0 Å². The van der Waals surface area contributed by atoms with Crippen LogP contribution in [0.1, 0.15) is 32.3 Å². The van der Waals surface area contributed by atoms with Gasteiger partial charge in [0.2, 0.25) is 0 Å². The van der Waals surface area contributed by atoms with Crippen molar-refractivity contribution >= 4 is 5.69 Å². The maximum absolute atomic E-state index is 14.3. The minimum absolute atomic E-state index is 0.129. The normalized spacial score (nSPS) is 19.3. The van der Waals surface area contributed by atoms with E-state index in [0.717, 1.165) is 43.7 Å². The molecule has 1 aromatic carbocycles. The van der Waals surface area contributed by atoms with Crippen molar-refractivity contribution in [3.8, 4) is 0 Å². The van der Waals surface area contributed by atoms with Crippen LogP contribution in [-0.2, 0) is 11.3 Å². The van der Waals surface area contributed by atoms with Gasteiger partial charge in [-0.25, -0.2) is 4.39 Å². The highest BCUT2D eigenvalue weighted by Crippen LogP contribution is 2.28. The molecule has 2 rings (SSSR count). The molecule has 4 heteroatoms. The fourth-order valence-corrected chi connectivity index (χ4v) is 2.89. The van der Waals surface area contributed by atoms with E-state index in [1.165, 1.54) is 0 Å². The summed E-state index contributed by atoms with van der Waals surface area (Å²) in [6, 6.07) is 5.36. The number of nitrogens with one attached hydrogen (secondary N) is 1. The summed E-state index contributed by atoms with van der Waals surface area (Å²) in [7, 11) is 1.74. The fraction of sp³-hybridized carbons (Fsp3) is 0.647. The Labute approximate surface area is 127 Å². The molecule has 1 atom stereocenters. The highest BCUT2D eigenvalue weighted by atomic mass is 19.1. The molecule has 0 radical (unpaired) electrons. The van der Waals surface area contributed by atoms with Crippen molar-refractivity contribution in [2.24, 2.45) is 5.92 Å². The largest absolute Gasteiger partial charge is 0.380 e. The molecule has 1 fully saturated rings. The second kappa shape index (κ2) is 7.76. The number of piperidine rings is 1. The Morgan fingerprint density at radius 1 is 1.43 bits per heavy atom. The number of ether oxygens (including phenoxy) is 1. The summed E-state index contributed by atoms with van der Waals surface area (Å²) < 4.78 is 19.8. The van der Waals surface area contributed by atoms with Crippen LogP contribution in [0.5, 0.6) is 0 Å². The summed E-state index contributed by atoms with van der Waals surface area (Å²) in [5.41, 5.74) is 1.78. The van der Waals surface area contributed by atoms with Crippen molar-refractivity contribution in [1.82, 2.24) is 5.32 Å². The number of para-hydroxylation sites is 1. The van der Waals surface area contributed by atoms with Crippen LogP contribution in [0.2, 0.25) is 0 Å². The van der Waals surface area contributed by atoms with Gasteiger partial charge in [0, 0.05) is 26.7 Å². The molecule has 3 nitrogen and oxygen atoms in total. The SMILES string of the molecule is COC1CCCN(c2c(F)cccc2CNCC(C)C)C1. The molecule has 118 valence electrons. The second-order valence-electron chi connectivity index (χ2n) is 6.22. The lowest BCUT2D eigenvalue weighted by molar-refractivity contribution is 0.0891. The highest BCUT2D eigenvalue weighted by molar-refractivity contribution is 5.55. The zero-order valence-corrected chi connectivity index (χ0v) is 13.4. The number of halogens is 1. The van der Waals surface area contributed by atoms with Crippen LogP contribution in [0.3, 0.4) is 0 Å². The molecule has 1 aliphatic rings. The third kappa shape index (κ3) is 4.42. The number of nitrogens with zero attached hydrogens (tertiary/aromatic N) is 1. The Morgan fingerprint density at radius 3 is 2.95 bits per heavy atom. The zero-order chi connectivity index (χ0) is 15.2. The molecule has 21 heavy (non-hydrogen) atoms. The van der Waals surface area contributed by atoms with E-state index in [9.17, 15) is 4.39 Å². The Kier molecular flexibility index (Phi) is 6.00. The van der Waals surface area contributed by atoms with E-state index in [-0.39, 0.29) is 11.9 Å². The first-order chi connectivity index (χ1) is 10.1. The van der Waals surface area contributed by atoms with Crippen LogP contribution >= 0.6 is 0 Å². The third-order valence-electron chi connectivity index (χ3n) is 3.97. The summed E-state index contributed by atoms with van der Waals surface area (Å²) in [5, 5.41) is 3.41. The van der Waals surface area contributed by atoms with Gasteiger partial charge in [-0.1, -0.05) is 26.0 Å². The van der Waals surface area contributed by atoms with E-state index in [1.807, 2.05) is 6.07 Å². The average Bonchev–Trinajstić information content (AvgIpc) is 2.47. The van der Waals surface area contributed by atoms with Crippen molar-refractivity contribution in [3.63, 3.8) is 0 Å². The van der Waals surface area contributed by atoms with E-state index >= 15 is 0 Å². The molecular weight excluding hydrogens is 267 g/mol. The predicted octanol–water partition coefficient (Wildman–Crippen LogP) is 3.19. The van der Waals surface area contributed by atoms with E-state index in [4.69, 9.17) is 4.74 Å². The van der Waals surface area contributed by atoms with Gasteiger partial charge < -0.3 is 15.0 Å². The molecule has 0 bridgehead atoms. The first kappa shape index (κ1) is 16.2. The topological polar surface area (TPSA) is 24.5 Å². The van der Waals surface area contributed by atoms with Gasteiger partial charge in [0.15, 0.2) is 0 Å². The number of hydrogen-bond acceptors (Lipinski definition) is 3. The maximum Gasteiger partial charge on any atom is 0.146 e. The summed E-state index contributed by atoms with van der Waals surface area (Å²) >= 11 is 0. The Bertz CT molecular complexity index is 450. The number of anilines is 1. The highest BCUT2D eigenvalue weighted by Gasteiger charge is 2.23. The predicted molar refractivity (Wildman–Crippen MR) is 85.2 cm³/mol. The Morgan fingerprint density at radius 2 is 2.24 bits per heavy atom. The van der Waals surface area contributed by atoms with Crippen molar-refractivity contribution in [3.05, 3.63) is 29.6 Å².